The van der Waals surface area contributed by atoms with Gasteiger partial charge in [-0.15, -0.1) is 35.3 Å². The lowest BCUT2D eigenvalue weighted by molar-refractivity contribution is 0.256. The van der Waals surface area contributed by atoms with Crippen LogP contribution in [0.5, 0.6) is 0 Å². The molecule has 25 heavy (non-hydrogen) atoms. The first-order valence-corrected chi connectivity index (χ1v) is 10.4. The summed E-state index contributed by atoms with van der Waals surface area (Å²) in [6.45, 7) is 9.76. The number of nitrogens with one attached hydrogen (secondary N) is 2. The predicted octanol–water partition coefficient (Wildman–Crippen LogP) is 3.73. The fourth-order valence-corrected chi connectivity index (χ4v) is 4.54. The Balaban J connectivity index is 0.00000225. The summed E-state index contributed by atoms with van der Waals surface area (Å²) < 4.78 is 0. The molecule has 0 radical (unpaired) electrons. The summed E-state index contributed by atoms with van der Waals surface area (Å²) in [5.41, 5.74) is 0. The van der Waals surface area contributed by atoms with E-state index in [4.69, 9.17) is 4.99 Å². The van der Waals surface area contributed by atoms with Crippen molar-refractivity contribution in [1.82, 2.24) is 15.5 Å². The van der Waals surface area contributed by atoms with E-state index in [-0.39, 0.29) is 24.0 Å². The van der Waals surface area contributed by atoms with Crippen molar-refractivity contribution in [2.75, 3.05) is 19.6 Å². The summed E-state index contributed by atoms with van der Waals surface area (Å²) in [5, 5.41) is 9.25. The van der Waals surface area contributed by atoms with E-state index in [1.165, 1.54) is 30.7 Å². The molecule has 1 saturated carbocycles. The molecule has 2 fully saturated rings. The lowest BCUT2D eigenvalue weighted by Crippen LogP contribution is -2.45. The summed E-state index contributed by atoms with van der Waals surface area (Å²) in [6, 6.07) is 6.45. The highest BCUT2D eigenvalue weighted by Crippen LogP contribution is 2.33. The molecule has 1 saturated heterocycles. The van der Waals surface area contributed by atoms with E-state index in [9.17, 15) is 0 Å². The fraction of sp³-hybridized carbons (Fsp3) is 0.737. The number of hydrogen-bond acceptors (Lipinski definition) is 3. The molecule has 0 bridgehead atoms. The van der Waals surface area contributed by atoms with Crippen molar-refractivity contribution in [2.24, 2.45) is 10.9 Å². The molecule has 6 heteroatoms. The van der Waals surface area contributed by atoms with Gasteiger partial charge in [0.05, 0.1) is 0 Å². The van der Waals surface area contributed by atoms with Crippen LogP contribution in [0, 0.1) is 5.92 Å². The van der Waals surface area contributed by atoms with Gasteiger partial charge in [-0.1, -0.05) is 13.0 Å². The summed E-state index contributed by atoms with van der Waals surface area (Å²) in [4.78, 5) is 8.99. The van der Waals surface area contributed by atoms with Crippen LogP contribution in [0.25, 0.3) is 0 Å². The second-order valence-corrected chi connectivity index (χ2v) is 8.49. The van der Waals surface area contributed by atoms with Crippen LogP contribution in [0.2, 0.25) is 0 Å². The zero-order valence-corrected chi connectivity index (χ0v) is 18.8. The van der Waals surface area contributed by atoms with Gasteiger partial charge in [0.25, 0.3) is 0 Å². The second kappa shape index (κ2) is 10.1. The van der Waals surface area contributed by atoms with Crippen LogP contribution in [-0.2, 0) is 6.42 Å². The van der Waals surface area contributed by atoms with Crippen LogP contribution in [0.3, 0.4) is 0 Å². The number of aliphatic imine (C=N–C) groups is 1. The van der Waals surface area contributed by atoms with Gasteiger partial charge < -0.3 is 10.6 Å². The van der Waals surface area contributed by atoms with Crippen LogP contribution < -0.4 is 10.6 Å². The standard InChI is InChI=1S/C19H32N4S.HI/c1-4-20-19(21-12-14(2)10-18-6-5-9-24-18)22-16-11-15(3)23(13-16)17-7-8-17;/h5-6,9,14-17H,4,7-8,10-13H2,1-3H3,(H2,20,21,22);1H. The molecular weight excluding hydrogens is 443 g/mol. The van der Waals surface area contributed by atoms with Crippen LogP contribution in [0.4, 0.5) is 0 Å². The number of guanidine groups is 1. The van der Waals surface area contributed by atoms with Crippen molar-refractivity contribution >= 4 is 41.3 Å². The van der Waals surface area contributed by atoms with E-state index in [0.29, 0.717) is 18.0 Å². The minimum Gasteiger partial charge on any atom is -0.357 e. The van der Waals surface area contributed by atoms with Gasteiger partial charge in [-0.25, -0.2) is 0 Å². The van der Waals surface area contributed by atoms with Gasteiger partial charge in [0.2, 0.25) is 0 Å². The molecule has 4 nitrogen and oxygen atoms in total. The van der Waals surface area contributed by atoms with Crippen molar-refractivity contribution in [3.05, 3.63) is 22.4 Å². The lowest BCUT2D eigenvalue weighted by atomic mass is 10.1. The Morgan fingerprint density at radius 3 is 2.88 bits per heavy atom. The molecule has 1 aromatic rings. The van der Waals surface area contributed by atoms with Crippen LogP contribution in [0.15, 0.2) is 22.5 Å². The van der Waals surface area contributed by atoms with E-state index in [1.807, 2.05) is 11.3 Å². The van der Waals surface area contributed by atoms with E-state index < -0.39 is 0 Å². The maximum absolute atomic E-state index is 4.85. The first kappa shape index (κ1) is 21.0. The van der Waals surface area contributed by atoms with Gasteiger partial charge in [-0.05, 0) is 56.9 Å². The Morgan fingerprint density at radius 2 is 2.24 bits per heavy atom. The topological polar surface area (TPSA) is 39.7 Å². The molecule has 3 atom stereocenters. The number of likely N-dealkylation sites (tertiary alicyclic amines) is 1. The summed E-state index contributed by atoms with van der Waals surface area (Å²) in [7, 11) is 0. The van der Waals surface area contributed by atoms with E-state index in [1.54, 1.807) is 0 Å². The molecule has 0 aromatic carbocycles. The maximum atomic E-state index is 4.85. The maximum Gasteiger partial charge on any atom is 0.191 e. The predicted molar refractivity (Wildman–Crippen MR) is 119 cm³/mol. The molecule has 142 valence electrons. The molecule has 1 aromatic heterocycles. The highest BCUT2D eigenvalue weighted by atomic mass is 127. The quantitative estimate of drug-likeness (QED) is 0.358. The normalized spacial score (nSPS) is 25.5. The molecule has 3 unspecified atom stereocenters. The Bertz CT molecular complexity index is 530. The summed E-state index contributed by atoms with van der Waals surface area (Å²) in [6.07, 6.45) is 5.14. The minimum atomic E-state index is 0. The highest BCUT2D eigenvalue weighted by molar-refractivity contribution is 14.0. The molecule has 0 amide bonds. The summed E-state index contributed by atoms with van der Waals surface area (Å²) >= 11 is 1.85. The molecule has 2 heterocycles. The van der Waals surface area contributed by atoms with Crippen LogP contribution in [0.1, 0.15) is 44.9 Å². The van der Waals surface area contributed by atoms with E-state index >= 15 is 0 Å². The van der Waals surface area contributed by atoms with Crippen molar-refractivity contribution in [3.63, 3.8) is 0 Å². The molecule has 2 N–H and O–H groups in total. The van der Waals surface area contributed by atoms with Gasteiger partial charge in [-0.2, -0.15) is 0 Å². The minimum absolute atomic E-state index is 0. The second-order valence-electron chi connectivity index (χ2n) is 7.46. The third-order valence-corrected chi connectivity index (χ3v) is 5.91. The Labute approximate surface area is 173 Å². The molecule has 1 aliphatic heterocycles. The zero-order valence-electron chi connectivity index (χ0n) is 15.7. The van der Waals surface area contributed by atoms with Crippen LogP contribution in [-0.4, -0.2) is 48.6 Å². The fourth-order valence-electron chi connectivity index (χ4n) is 3.67. The van der Waals surface area contributed by atoms with E-state index in [2.05, 4.69) is 53.8 Å². The van der Waals surface area contributed by atoms with Gasteiger partial charge in [-0.3, -0.25) is 9.89 Å². The average Bonchev–Trinajstić information content (AvgIpc) is 3.14. The van der Waals surface area contributed by atoms with Crippen molar-refractivity contribution < 1.29 is 0 Å². The first-order chi connectivity index (χ1) is 11.7. The van der Waals surface area contributed by atoms with Crippen LogP contribution >= 0.6 is 35.3 Å². The highest BCUT2D eigenvalue weighted by Gasteiger charge is 2.38. The van der Waals surface area contributed by atoms with Gasteiger partial charge in [0.15, 0.2) is 5.96 Å². The number of rotatable bonds is 7. The van der Waals surface area contributed by atoms with Gasteiger partial charge >= 0.3 is 0 Å². The van der Waals surface area contributed by atoms with Gasteiger partial charge in [0, 0.05) is 42.6 Å². The Kier molecular flexibility index (Phi) is 8.48. The zero-order chi connectivity index (χ0) is 16.9. The molecule has 1 aliphatic carbocycles. The smallest absolute Gasteiger partial charge is 0.191 e. The third kappa shape index (κ3) is 6.40. The van der Waals surface area contributed by atoms with E-state index in [0.717, 1.165) is 31.5 Å². The van der Waals surface area contributed by atoms with Crippen molar-refractivity contribution in [3.8, 4) is 0 Å². The number of halogens is 1. The first-order valence-electron chi connectivity index (χ1n) is 9.48. The Morgan fingerprint density at radius 1 is 1.44 bits per heavy atom. The third-order valence-electron chi connectivity index (χ3n) is 5.01. The van der Waals surface area contributed by atoms with Crippen molar-refractivity contribution in [2.45, 2.75) is 64.6 Å². The largest absolute Gasteiger partial charge is 0.357 e. The molecule has 3 rings (SSSR count). The van der Waals surface area contributed by atoms with Gasteiger partial charge in [0.1, 0.15) is 0 Å². The number of thiophene rings is 1. The molecular formula is C19H33IN4S. The number of hydrogen-bond donors (Lipinski definition) is 2. The van der Waals surface area contributed by atoms with Crippen molar-refractivity contribution in [1.29, 1.82) is 0 Å². The Hall–Kier alpha value is -0.340. The lowest BCUT2D eigenvalue weighted by Gasteiger charge is -2.20. The summed E-state index contributed by atoms with van der Waals surface area (Å²) in [5.74, 6) is 1.56. The monoisotopic (exact) mass is 476 g/mol. The molecule has 2 aliphatic rings. The SMILES string of the molecule is CCNC(=NCC(C)Cc1cccs1)NC1CC(C)N(C2CC2)C1.I. The molecule has 0 spiro atoms. The number of nitrogens with zero attached hydrogens (tertiary/aromatic N) is 2. The average molecular weight is 476 g/mol.